The molecule has 1 unspecified atom stereocenters. The summed E-state index contributed by atoms with van der Waals surface area (Å²) in [5.41, 5.74) is 0.617. The summed E-state index contributed by atoms with van der Waals surface area (Å²) in [6, 6.07) is 8.64. The SMILES string of the molecule is CCOC(=O)CC(C(=O)OCC)[C@H](C[N+](=O)[O-])c1ccccc1. The molecule has 1 aromatic rings. The first-order valence-electron chi connectivity index (χ1n) is 7.48. The van der Waals surface area contributed by atoms with Gasteiger partial charge in [0.2, 0.25) is 6.54 Å². The molecule has 0 bridgehead atoms. The zero-order valence-corrected chi connectivity index (χ0v) is 13.3. The zero-order valence-electron chi connectivity index (χ0n) is 13.3. The number of nitro groups is 1. The number of nitrogens with zero attached hydrogens (tertiary/aromatic N) is 1. The van der Waals surface area contributed by atoms with E-state index in [9.17, 15) is 19.7 Å². The number of hydrogen-bond acceptors (Lipinski definition) is 6. The Labute approximate surface area is 134 Å². The van der Waals surface area contributed by atoms with Crippen LogP contribution in [0.1, 0.15) is 31.7 Å². The van der Waals surface area contributed by atoms with Gasteiger partial charge in [-0.05, 0) is 19.4 Å². The molecule has 0 aliphatic rings. The van der Waals surface area contributed by atoms with E-state index in [1.807, 2.05) is 0 Å². The van der Waals surface area contributed by atoms with Gasteiger partial charge in [-0.1, -0.05) is 30.3 Å². The summed E-state index contributed by atoms with van der Waals surface area (Å²) in [4.78, 5) is 34.5. The van der Waals surface area contributed by atoms with Gasteiger partial charge >= 0.3 is 11.9 Å². The van der Waals surface area contributed by atoms with Crippen molar-refractivity contribution in [3.05, 3.63) is 46.0 Å². The lowest BCUT2D eigenvalue weighted by atomic mass is 9.84. The van der Waals surface area contributed by atoms with Gasteiger partial charge in [-0.15, -0.1) is 0 Å². The van der Waals surface area contributed by atoms with E-state index in [4.69, 9.17) is 9.47 Å². The quantitative estimate of drug-likeness (QED) is 0.392. The molecular formula is C16H21NO6. The molecule has 0 aliphatic heterocycles. The summed E-state index contributed by atoms with van der Waals surface area (Å²) in [6.45, 7) is 3.15. The average molecular weight is 323 g/mol. The second-order valence-corrected chi connectivity index (χ2v) is 4.90. The molecule has 0 saturated heterocycles. The highest BCUT2D eigenvalue weighted by Crippen LogP contribution is 2.29. The van der Waals surface area contributed by atoms with Gasteiger partial charge in [0.25, 0.3) is 0 Å². The van der Waals surface area contributed by atoms with Gasteiger partial charge in [0.05, 0.1) is 31.5 Å². The predicted molar refractivity (Wildman–Crippen MR) is 82.4 cm³/mol. The van der Waals surface area contributed by atoms with Crippen molar-refractivity contribution >= 4 is 11.9 Å². The maximum absolute atomic E-state index is 12.2. The number of esters is 2. The molecule has 0 amide bonds. The average Bonchev–Trinajstić information content (AvgIpc) is 2.52. The smallest absolute Gasteiger partial charge is 0.310 e. The molecule has 0 N–H and O–H groups in total. The van der Waals surface area contributed by atoms with Crippen molar-refractivity contribution in [1.29, 1.82) is 0 Å². The monoisotopic (exact) mass is 323 g/mol. The van der Waals surface area contributed by atoms with E-state index in [-0.39, 0.29) is 19.6 Å². The highest BCUT2D eigenvalue weighted by atomic mass is 16.6. The van der Waals surface area contributed by atoms with Gasteiger partial charge < -0.3 is 9.47 Å². The molecule has 0 spiro atoms. The highest BCUT2D eigenvalue weighted by molar-refractivity contribution is 5.81. The summed E-state index contributed by atoms with van der Waals surface area (Å²) in [5, 5.41) is 11.0. The lowest BCUT2D eigenvalue weighted by Gasteiger charge is -2.22. The van der Waals surface area contributed by atoms with E-state index in [0.717, 1.165) is 0 Å². The lowest BCUT2D eigenvalue weighted by molar-refractivity contribution is -0.484. The van der Waals surface area contributed by atoms with Crippen LogP contribution in [0.25, 0.3) is 0 Å². The maximum atomic E-state index is 12.2. The van der Waals surface area contributed by atoms with Crippen molar-refractivity contribution in [2.45, 2.75) is 26.2 Å². The number of hydrogen-bond donors (Lipinski definition) is 0. The topological polar surface area (TPSA) is 95.7 Å². The molecule has 23 heavy (non-hydrogen) atoms. The minimum Gasteiger partial charge on any atom is -0.466 e. The summed E-state index contributed by atoms with van der Waals surface area (Å²) in [7, 11) is 0. The molecule has 1 rings (SSSR count). The molecule has 1 aromatic carbocycles. The fraction of sp³-hybridized carbons (Fsp3) is 0.500. The standard InChI is InChI=1S/C16H21NO6/c1-3-22-15(18)10-13(16(19)23-4-2)14(11-17(20)21)12-8-6-5-7-9-12/h5-9,13-14H,3-4,10-11H2,1-2H3/t13?,14-/m1/s1. The molecule has 7 nitrogen and oxygen atoms in total. The lowest BCUT2D eigenvalue weighted by Crippen LogP contribution is -2.31. The van der Waals surface area contributed by atoms with Crippen molar-refractivity contribution in [3.8, 4) is 0 Å². The predicted octanol–water partition coefficient (Wildman–Crippen LogP) is 2.18. The van der Waals surface area contributed by atoms with Crippen LogP contribution in [0.5, 0.6) is 0 Å². The third-order valence-electron chi connectivity index (χ3n) is 3.34. The van der Waals surface area contributed by atoms with Crippen molar-refractivity contribution in [2.24, 2.45) is 5.92 Å². The molecule has 7 heteroatoms. The fourth-order valence-electron chi connectivity index (χ4n) is 2.36. The summed E-state index contributed by atoms with van der Waals surface area (Å²) < 4.78 is 9.87. The Bertz CT molecular complexity index is 531. The minimum absolute atomic E-state index is 0.137. The van der Waals surface area contributed by atoms with Gasteiger partial charge in [-0.3, -0.25) is 19.7 Å². The molecule has 0 radical (unpaired) electrons. The summed E-state index contributed by atoms with van der Waals surface area (Å²) in [6.07, 6.45) is -0.250. The van der Waals surface area contributed by atoms with Crippen molar-refractivity contribution in [2.75, 3.05) is 19.8 Å². The first-order chi connectivity index (χ1) is 11.0. The molecule has 2 atom stereocenters. The van der Waals surface area contributed by atoms with Gasteiger partial charge in [-0.2, -0.15) is 0 Å². The Kier molecular flexibility index (Phi) is 7.73. The van der Waals surface area contributed by atoms with Gasteiger partial charge in [0.1, 0.15) is 0 Å². The normalized spacial score (nSPS) is 13.0. The van der Waals surface area contributed by atoms with Crippen LogP contribution < -0.4 is 0 Å². The second kappa shape index (κ2) is 9.55. The fourth-order valence-corrected chi connectivity index (χ4v) is 2.36. The van der Waals surface area contributed by atoms with Crippen LogP contribution in [0, 0.1) is 16.0 Å². The number of carbonyl (C=O) groups excluding carboxylic acids is 2. The first kappa shape index (κ1) is 18.6. The van der Waals surface area contributed by atoms with Crippen LogP contribution in [0.3, 0.4) is 0 Å². The minimum atomic E-state index is -0.957. The van der Waals surface area contributed by atoms with E-state index in [1.165, 1.54) is 0 Å². The summed E-state index contributed by atoms with van der Waals surface area (Å²) in [5.74, 6) is -2.91. The van der Waals surface area contributed by atoms with Gasteiger partial charge in [-0.25, -0.2) is 0 Å². The van der Waals surface area contributed by atoms with Crippen LogP contribution in [0.2, 0.25) is 0 Å². The second-order valence-electron chi connectivity index (χ2n) is 4.90. The molecule has 126 valence electrons. The molecular weight excluding hydrogens is 302 g/mol. The van der Waals surface area contributed by atoms with E-state index >= 15 is 0 Å². The molecule has 0 fully saturated rings. The largest absolute Gasteiger partial charge is 0.466 e. The first-order valence-corrected chi connectivity index (χ1v) is 7.48. The Hall–Kier alpha value is -2.44. The Balaban J connectivity index is 3.11. The maximum Gasteiger partial charge on any atom is 0.310 e. The number of carbonyl (C=O) groups is 2. The molecule has 0 heterocycles. The van der Waals surface area contributed by atoms with E-state index < -0.39 is 35.2 Å². The highest BCUT2D eigenvalue weighted by Gasteiger charge is 2.36. The molecule has 0 saturated carbocycles. The van der Waals surface area contributed by atoms with Gasteiger partial charge in [0.15, 0.2) is 0 Å². The van der Waals surface area contributed by atoms with Crippen LogP contribution in [-0.2, 0) is 19.1 Å². The van der Waals surface area contributed by atoms with Crippen molar-refractivity contribution < 1.29 is 24.0 Å². The Morgan fingerprint density at radius 1 is 1.13 bits per heavy atom. The van der Waals surface area contributed by atoms with Gasteiger partial charge in [0, 0.05) is 4.92 Å². The van der Waals surface area contributed by atoms with Crippen LogP contribution in [0.15, 0.2) is 30.3 Å². The zero-order chi connectivity index (χ0) is 17.2. The number of benzene rings is 1. The Morgan fingerprint density at radius 2 is 1.74 bits per heavy atom. The van der Waals surface area contributed by atoms with E-state index in [0.29, 0.717) is 5.56 Å². The molecule has 0 aliphatic carbocycles. The van der Waals surface area contributed by atoms with Crippen LogP contribution in [-0.4, -0.2) is 36.6 Å². The Morgan fingerprint density at radius 3 is 2.26 bits per heavy atom. The van der Waals surface area contributed by atoms with Crippen molar-refractivity contribution in [1.82, 2.24) is 0 Å². The third kappa shape index (κ3) is 6.06. The van der Waals surface area contributed by atoms with E-state index in [2.05, 4.69) is 0 Å². The summed E-state index contributed by atoms with van der Waals surface area (Å²) >= 11 is 0. The van der Waals surface area contributed by atoms with E-state index in [1.54, 1.807) is 44.2 Å². The van der Waals surface area contributed by atoms with Crippen molar-refractivity contribution in [3.63, 3.8) is 0 Å². The number of rotatable bonds is 9. The van der Waals surface area contributed by atoms with Crippen LogP contribution in [0.4, 0.5) is 0 Å². The van der Waals surface area contributed by atoms with Crippen LogP contribution >= 0.6 is 0 Å². The number of ether oxygens (including phenoxy) is 2. The third-order valence-corrected chi connectivity index (χ3v) is 3.34. The molecule has 0 aromatic heterocycles.